The Balaban J connectivity index is 1.53. The molecule has 1 heterocycles. The third-order valence-corrected chi connectivity index (χ3v) is 4.94. The maximum atomic E-state index is 12.2. The lowest BCUT2D eigenvalue weighted by atomic mass is 9.92. The number of fused-ring (bicyclic) bond motifs is 1. The fourth-order valence-electron chi connectivity index (χ4n) is 3.44. The summed E-state index contributed by atoms with van der Waals surface area (Å²) in [5.41, 5.74) is 2.79. The van der Waals surface area contributed by atoms with Gasteiger partial charge in [0.2, 0.25) is 0 Å². The van der Waals surface area contributed by atoms with E-state index in [0.717, 1.165) is 31.6 Å². The molecule has 0 saturated carbocycles. The number of carbonyl (C=O) groups excluding carboxylic acids is 1. The van der Waals surface area contributed by atoms with Gasteiger partial charge in [0, 0.05) is 19.0 Å². The van der Waals surface area contributed by atoms with Crippen LogP contribution in [0.5, 0.6) is 5.75 Å². The second-order valence-electron chi connectivity index (χ2n) is 6.56. The molecule has 4 nitrogen and oxygen atoms in total. The van der Waals surface area contributed by atoms with Crippen molar-refractivity contribution in [1.82, 2.24) is 4.90 Å². The summed E-state index contributed by atoms with van der Waals surface area (Å²) in [6.07, 6.45) is 5.31. The highest BCUT2D eigenvalue weighted by molar-refractivity contribution is 5.78. The van der Waals surface area contributed by atoms with Crippen LogP contribution in [0.4, 0.5) is 0 Å². The lowest BCUT2D eigenvalue weighted by Crippen LogP contribution is -2.34. The Kier molecular flexibility index (Phi) is 4.67. The first-order chi connectivity index (χ1) is 10.6. The van der Waals surface area contributed by atoms with E-state index in [1.165, 1.54) is 24.0 Å². The van der Waals surface area contributed by atoms with Crippen molar-refractivity contribution in [2.45, 2.75) is 45.1 Å². The lowest BCUT2D eigenvalue weighted by molar-refractivity contribution is -0.132. The van der Waals surface area contributed by atoms with Gasteiger partial charge in [-0.3, -0.25) is 4.79 Å². The van der Waals surface area contributed by atoms with Crippen molar-refractivity contribution in [3.63, 3.8) is 0 Å². The summed E-state index contributed by atoms with van der Waals surface area (Å²) in [7, 11) is 0. The molecule has 0 radical (unpaired) electrons. The molecule has 1 aromatic carbocycles. The number of benzene rings is 1. The van der Waals surface area contributed by atoms with E-state index in [-0.39, 0.29) is 24.5 Å². The molecule has 1 aliphatic carbocycles. The Labute approximate surface area is 132 Å². The summed E-state index contributed by atoms with van der Waals surface area (Å²) in [6, 6.07) is 6.19. The van der Waals surface area contributed by atoms with Crippen LogP contribution in [-0.4, -0.2) is 41.7 Å². The molecule has 0 aromatic heterocycles. The molecule has 1 aliphatic heterocycles. The average molecular weight is 303 g/mol. The van der Waals surface area contributed by atoms with Gasteiger partial charge in [-0.1, -0.05) is 6.07 Å². The zero-order valence-corrected chi connectivity index (χ0v) is 13.3. The molecule has 2 aliphatic rings. The van der Waals surface area contributed by atoms with Crippen LogP contribution in [0, 0.1) is 5.92 Å². The number of carbonyl (C=O) groups is 1. The highest BCUT2D eigenvalue weighted by Crippen LogP contribution is 2.25. The van der Waals surface area contributed by atoms with Crippen molar-refractivity contribution in [2.24, 2.45) is 5.92 Å². The van der Waals surface area contributed by atoms with E-state index in [4.69, 9.17) is 4.74 Å². The number of nitrogens with zero attached hydrogens (tertiary/aromatic N) is 1. The van der Waals surface area contributed by atoms with Crippen molar-refractivity contribution >= 4 is 5.91 Å². The number of ether oxygens (including phenoxy) is 1. The molecule has 1 aromatic rings. The zero-order valence-electron chi connectivity index (χ0n) is 13.3. The molecule has 0 bridgehead atoms. The van der Waals surface area contributed by atoms with Crippen LogP contribution in [0.25, 0.3) is 0 Å². The molecule has 120 valence electrons. The first-order valence-corrected chi connectivity index (χ1v) is 8.34. The SMILES string of the molecule is CC(O)C1CCN(C(=O)COc2ccc3c(c2)CCCC3)C1. The average Bonchev–Trinajstić information content (AvgIpc) is 3.03. The van der Waals surface area contributed by atoms with Crippen LogP contribution >= 0.6 is 0 Å². The van der Waals surface area contributed by atoms with Crippen molar-refractivity contribution in [3.05, 3.63) is 29.3 Å². The number of aliphatic hydroxyl groups is 1. The summed E-state index contributed by atoms with van der Waals surface area (Å²) in [4.78, 5) is 14.0. The predicted octanol–water partition coefficient (Wildman–Crippen LogP) is 2.17. The van der Waals surface area contributed by atoms with E-state index in [1.54, 1.807) is 11.8 Å². The van der Waals surface area contributed by atoms with Gasteiger partial charge < -0.3 is 14.7 Å². The largest absolute Gasteiger partial charge is 0.484 e. The normalized spacial score (nSPS) is 22.3. The molecule has 2 unspecified atom stereocenters. The molecule has 3 rings (SSSR count). The summed E-state index contributed by atoms with van der Waals surface area (Å²) in [5, 5.41) is 9.60. The molecule has 2 atom stereocenters. The Morgan fingerprint density at radius 3 is 2.86 bits per heavy atom. The van der Waals surface area contributed by atoms with Gasteiger partial charge in [-0.15, -0.1) is 0 Å². The number of hydrogen-bond donors (Lipinski definition) is 1. The topological polar surface area (TPSA) is 49.8 Å². The predicted molar refractivity (Wildman–Crippen MR) is 84.9 cm³/mol. The van der Waals surface area contributed by atoms with E-state index in [1.807, 2.05) is 6.07 Å². The maximum absolute atomic E-state index is 12.2. The van der Waals surface area contributed by atoms with Gasteiger partial charge in [-0.25, -0.2) is 0 Å². The van der Waals surface area contributed by atoms with E-state index >= 15 is 0 Å². The van der Waals surface area contributed by atoms with Gasteiger partial charge in [0.25, 0.3) is 5.91 Å². The Bertz CT molecular complexity index is 541. The molecule has 4 heteroatoms. The van der Waals surface area contributed by atoms with Gasteiger partial charge in [0.1, 0.15) is 5.75 Å². The fraction of sp³-hybridized carbons (Fsp3) is 0.611. The highest BCUT2D eigenvalue weighted by atomic mass is 16.5. The van der Waals surface area contributed by atoms with Crippen molar-refractivity contribution in [1.29, 1.82) is 0 Å². The number of aliphatic hydroxyl groups excluding tert-OH is 1. The third kappa shape index (κ3) is 3.43. The van der Waals surface area contributed by atoms with Crippen LogP contribution in [0.1, 0.15) is 37.3 Å². The zero-order chi connectivity index (χ0) is 15.5. The molecule has 1 N–H and O–H groups in total. The smallest absolute Gasteiger partial charge is 0.260 e. The molecule has 1 fully saturated rings. The minimum Gasteiger partial charge on any atom is -0.484 e. The van der Waals surface area contributed by atoms with Crippen molar-refractivity contribution in [3.8, 4) is 5.75 Å². The number of hydrogen-bond acceptors (Lipinski definition) is 3. The van der Waals surface area contributed by atoms with Crippen LogP contribution in [0.15, 0.2) is 18.2 Å². The van der Waals surface area contributed by atoms with E-state index in [9.17, 15) is 9.90 Å². The number of amides is 1. The minimum atomic E-state index is -0.348. The Morgan fingerprint density at radius 1 is 1.36 bits per heavy atom. The summed E-state index contributed by atoms with van der Waals surface area (Å²) >= 11 is 0. The summed E-state index contributed by atoms with van der Waals surface area (Å²) < 4.78 is 5.69. The van der Waals surface area contributed by atoms with Gasteiger partial charge in [0.05, 0.1) is 6.10 Å². The van der Waals surface area contributed by atoms with Crippen LogP contribution in [0.3, 0.4) is 0 Å². The molecular formula is C18H25NO3. The van der Waals surface area contributed by atoms with E-state index < -0.39 is 0 Å². The maximum Gasteiger partial charge on any atom is 0.260 e. The Hall–Kier alpha value is -1.55. The lowest BCUT2D eigenvalue weighted by Gasteiger charge is -2.19. The molecule has 22 heavy (non-hydrogen) atoms. The first-order valence-electron chi connectivity index (χ1n) is 8.34. The summed E-state index contributed by atoms with van der Waals surface area (Å²) in [5.74, 6) is 1.01. The van der Waals surface area contributed by atoms with Crippen LogP contribution in [0.2, 0.25) is 0 Å². The quantitative estimate of drug-likeness (QED) is 0.927. The standard InChI is InChI=1S/C18H25NO3/c1-13(20)16-8-9-19(11-16)18(21)12-22-17-7-6-14-4-2-3-5-15(14)10-17/h6-7,10,13,16,20H,2-5,8-9,11-12H2,1H3. The fourth-order valence-corrected chi connectivity index (χ4v) is 3.44. The van der Waals surface area contributed by atoms with E-state index in [2.05, 4.69) is 12.1 Å². The van der Waals surface area contributed by atoms with Crippen molar-refractivity contribution in [2.75, 3.05) is 19.7 Å². The Morgan fingerprint density at radius 2 is 2.14 bits per heavy atom. The van der Waals surface area contributed by atoms with Crippen LogP contribution in [-0.2, 0) is 17.6 Å². The van der Waals surface area contributed by atoms with Gasteiger partial charge in [-0.2, -0.15) is 0 Å². The molecule has 1 saturated heterocycles. The van der Waals surface area contributed by atoms with Gasteiger partial charge in [0.15, 0.2) is 6.61 Å². The second-order valence-corrected chi connectivity index (χ2v) is 6.56. The second kappa shape index (κ2) is 6.69. The third-order valence-electron chi connectivity index (χ3n) is 4.94. The molecular weight excluding hydrogens is 278 g/mol. The minimum absolute atomic E-state index is 0.0147. The monoisotopic (exact) mass is 303 g/mol. The summed E-state index contributed by atoms with van der Waals surface area (Å²) in [6.45, 7) is 3.25. The highest BCUT2D eigenvalue weighted by Gasteiger charge is 2.29. The number of aryl methyl sites for hydroxylation is 2. The van der Waals surface area contributed by atoms with Crippen LogP contribution < -0.4 is 4.74 Å². The molecule has 1 amide bonds. The number of rotatable bonds is 4. The first kappa shape index (κ1) is 15.3. The van der Waals surface area contributed by atoms with Crippen molar-refractivity contribution < 1.29 is 14.6 Å². The van der Waals surface area contributed by atoms with E-state index in [0.29, 0.717) is 6.54 Å². The molecule has 0 spiro atoms. The van der Waals surface area contributed by atoms with Gasteiger partial charge in [-0.05, 0) is 62.3 Å². The number of likely N-dealkylation sites (tertiary alicyclic amines) is 1. The van der Waals surface area contributed by atoms with Gasteiger partial charge >= 0.3 is 0 Å².